The summed E-state index contributed by atoms with van der Waals surface area (Å²) in [6.45, 7) is 0. The van der Waals surface area contributed by atoms with Crippen molar-refractivity contribution in [3.05, 3.63) is 170 Å². The molecule has 214 valence electrons. The largest absolute Gasteiger partial charge is 0.256 e. The van der Waals surface area contributed by atoms with E-state index in [1.165, 1.54) is 54.6 Å². The SMILES string of the molecule is c1cc(-c2ccc(-c3cnc4ccccc4c3)nc2)cc(-c2c3ccccc3c(-c3ccc4ccccc4c3)c3ccccc23)c1. The van der Waals surface area contributed by atoms with E-state index in [-0.39, 0.29) is 0 Å². The normalized spacial score (nSPS) is 11.5. The minimum Gasteiger partial charge on any atom is -0.256 e. The van der Waals surface area contributed by atoms with Gasteiger partial charge in [-0.3, -0.25) is 9.97 Å². The van der Waals surface area contributed by atoms with Crippen molar-refractivity contribution in [2.24, 2.45) is 0 Å². The lowest BCUT2D eigenvalue weighted by Gasteiger charge is -2.18. The van der Waals surface area contributed by atoms with E-state index in [0.717, 1.165) is 33.3 Å². The summed E-state index contributed by atoms with van der Waals surface area (Å²) in [4.78, 5) is 9.49. The summed E-state index contributed by atoms with van der Waals surface area (Å²) in [6.07, 6.45) is 3.88. The number of rotatable bonds is 4. The van der Waals surface area contributed by atoms with Crippen molar-refractivity contribution in [3.8, 4) is 44.6 Å². The average Bonchev–Trinajstić information content (AvgIpc) is 3.13. The van der Waals surface area contributed by atoms with Crippen molar-refractivity contribution >= 4 is 43.2 Å². The maximum atomic E-state index is 4.86. The van der Waals surface area contributed by atoms with Gasteiger partial charge in [0.05, 0.1) is 11.2 Å². The second-order valence-electron chi connectivity index (χ2n) is 11.8. The van der Waals surface area contributed by atoms with E-state index in [4.69, 9.17) is 4.98 Å². The van der Waals surface area contributed by atoms with E-state index >= 15 is 0 Å². The van der Waals surface area contributed by atoms with Gasteiger partial charge in [0, 0.05) is 28.9 Å². The second-order valence-corrected chi connectivity index (χ2v) is 11.8. The highest BCUT2D eigenvalue weighted by Crippen LogP contribution is 2.44. The van der Waals surface area contributed by atoms with Gasteiger partial charge in [0.1, 0.15) is 0 Å². The summed E-state index contributed by atoms with van der Waals surface area (Å²) in [5.41, 5.74) is 10.1. The smallest absolute Gasteiger partial charge is 0.0718 e. The third kappa shape index (κ3) is 4.43. The van der Waals surface area contributed by atoms with Crippen LogP contribution in [0.4, 0.5) is 0 Å². The standard InChI is InChI=1S/C44H28N2/c1-2-11-30-24-34(21-20-29(30)10-1)44-39-17-6-4-15-37(39)43(38-16-5-7-18-40(38)44)33-14-9-13-31(25-33)35-22-23-42(45-27-35)36-26-32-12-3-8-19-41(32)46-28-36/h1-28H. The van der Waals surface area contributed by atoms with Crippen molar-refractivity contribution in [1.29, 1.82) is 0 Å². The molecular formula is C44H28N2. The van der Waals surface area contributed by atoms with Crippen LogP contribution in [0.1, 0.15) is 0 Å². The van der Waals surface area contributed by atoms with E-state index < -0.39 is 0 Å². The summed E-state index contributed by atoms with van der Waals surface area (Å²) >= 11 is 0. The van der Waals surface area contributed by atoms with E-state index in [1.54, 1.807) is 0 Å². The number of hydrogen-bond acceptors (Lipinski definition) is 2. The Morgan fingerprint density at radius 1 is 0.304 bits per heavy atom. The molecule has 0 N–H and O–H groups in total. The number of nitrogens with zero attached hydrogens (tertiary/aromatic N) is 2. The molecule has 0 radical (unpaired) electrons. The molecule has 0 aliphatic heterocycles. The third-order valence-electron chi connectivity index (χ3n) is 9.10. The molecule has 2 heterocycles. The fourth-order valence-corrected chi connectivity index (χ4v) is 6.90. The monoisotopic (exact) mass is 584 g/mol. The lowest BCUT2D eigenvalue weighted by Crippen LogP contribution is -1.91. The van der Waals surface area contributed by atoms with Gasteiger partial charge < -0.3 is 0 Å². The lowest BCUT2D eigenvalue weighted by atomic mass is 9.85. The first-order valence-electron chi connectivity index (χ1n) is 15.6. The Balaban J connectivity index is 1.18. The van der Waals surface area contributed by atoms with Crippen molar-refractivity contribution < 1.29 is 0 Å². The van der Waals surface area contributed by atoms with E-state index in [0.29, 0.717) is 0 Å². The average molecular weight is 585 g/mol. The molecule has 46 heavy (non-hydrogen) atoms. The fourth-order valence-electron chi connectivity index (χ4n) is 6.90. The topological polar surface area (TPSA) is 25.8 Å². The number of pyridine rings is 2. The molecule has 2 heteroatoms. The van der Waals surface area contributed by atoms with Crippen LogP contribution in [-0.4, -0.2) is 9.97 Å². The zero-order chi connectivity index (χ0) is 30.5. The summed E-state index contributed by atoms with van der Waals surface area (Å²) < 4.78 is 0. The Kier molecular flexibility index (Phi) is 6.17. The van der Waals surface area contributed by atoms with Gasteiger partial charge in [-0.15, -0.1) is 0 Å². The van der Waals surface area contributed by atoms with Gasteiger partial charge in [0.2, 0.25) is 0 Å². The van der Waals surface area contributed by atoms with Gasteiger partial charge in [-0.25, -0.2) is 0 Å². The molecule has 0 unspecified atom stereocenters. The maximum absolute atomic E-state index is 4.86. The molecule has 2 nitrogen and oxygen atoms in total. The Labute approximate surface area is 267 Å². The first kappa shape index (κ1) is 26.3. The summed E-state index contributed by atoms with van der Waals surface area (Å²) in [6, 6.07) is 56.6. The Morgan fingerprint density at radius 3 is 1.54 bits per heavy atom. The molecule has 0 spiro atoms. The number of benzene rings is 7. The molecule has 0 atom stereocenters. The van der Waals surface area contributed by atoms with Gasteiger partial charge in [-0.2, -0.15) is 0 Å². The molecule has 9 aromatic rings. The number of aromatic nitrogens is 2. The van der Waals surface area contributed by atoms with Crippen molar-refractivity contribution in [2.45, 2.75) is 0 Å². The Hall–Kier alpha value is -6.12. The predicted molar refractivity (Wildman–Crippen MR) is 194 cm³/mol. The fraction of sp³-hybridized carbons (Fsp3) is 0. The van der Waals surface area contributed by atoms with Crippen LogP contribution < -0.4 is 0 Å². The van der Waals surface area contributed by atoms with Gasteiger partial charge in [0.25, 0.3) is 0 Å². The highest BCUT2D eigenvalue weighted by atomic mass is 14.7. The molecular weight excluding hydrogens is 556 g/mol. The Bertz CT molecular complexity index is 2520. The number of fused-ring (bicyclic) bond motifs is 4. The van der Waals surface area contributed by atoms with Gasteiger partial charge >= 0.3 is 0 Å². The van der Waals surface area contributed by atoms with Crippen molar-refractivity contribution in [3.63, 3.8) is 0 Å². The Morgan fingerprint density at radius 2 is 0.848 bits per heavy atom. The molecule has 0 fully saturated rings. The molecule has 0 aliphatic carbocycles. The summed E-state index contributed by atoms with van der Waals surface area (Å²) in [5, 5.41) is 8.63. The highest BCUT2D eigenvalue weighted by molar-refractivity contribution is 6.21. The molecule has 9 rings (SSSR count). The highest BCUT2D eigenvalue weighted by Gasteiger charge is 2.17. The zero-order valence-electron chi connectivity index (χ0n) is 25.1. The third-order valence-corrected chi connectivity index (χ3v) is 9.10. The minimum atomic E-state index is 0.916. The van der Waals surface area contributed by atoms with Crippen LogP contribution in [0.15, 0.2) is 170 Å². The molecule has 0 saturated heterocycles. The van der Waals surface area contributed by atoms with Crippen LogP contribution in [0.25, 0.3) is 87.9 Å². The van der Waals surface area contributed by atoms with E-state index in [2.05, 4.69) is 145 Å². The van der Waals surface area contributed by atoms with Gasteiger partial charge in [-0.1, -0.05) is 127 Å². The van der Waals surface area contributed by atoms with Gasteiger partial charge in [0.15, 0.2) is 0 Å². The first-order chi connectivity index (χ1) is 22.8. The molecule has 0 bridgehead atoms. The van der Waals surface area contributed by atoms with Crippen LogP contribution in [0.5, 0.6) is 0 Å². The molecule has 0 saturated carbocycles. The maximum Gasteiger partial charge on any atom is 0.0718 e. The van der Waals surface area contributed by atoms with E-state index in [1.807, 2.05) is 30.6 Å². The van der Waals surface area contributed by atoms with E-state index in [9.17, 15) is 0 Å². The van der Waals surface area contributed by atoms with Crippen LogP contribution in [0.2, 0.25) is 0 Å². The van der Waals surface area contributed by atoms with Crippen molar-refractivity contribution in [2.75, 3.05) is 0 Å². The van der Waals surface area contributed by atoms with Crippen molar-refractivity contribution in [1.82, 2.24) is 9.97 Å². The van der Waals surface area contributed by atoms with Crippen LogP contribution in [-0.2, 0) is 0 Å². The molecule has 7 aromatic carbocycles. The predicted octanol–water partition coefficient (Wildman–Crippen LogP) is 11.8. The second kappa shape index (κ2) is 10.8. The lowest BCUT2D eigenvalue weighted by molar-refractivity contribution is 1.31. The van der Waals surface area contributed by atoms with Crippen LogP contribution in [0.3, 0.4) is 0 Å². The van der Waals surface area contributed by atoms with Gasteiger partial charge in [-0.05, 0) is 90.5 Å². The quantitative estimate of drug-likeness (QED) is 0.192. The molecule has 0 amide bonds. The van der Waals surface area contributed by atoms with Crippen LogP contribution >= 0.6 is 0 Å². The molecule has 0 aliphatic rings. The van der Waals surface area contributed by atoms with Crippen LogP contribution in [0, 0.1) is 0 Å². The summed E-state index contributed by atoms with van der Waals surface area (Å²) in [5.74, 6) is 0. The number of para-hydroxylation sites is 1. The minimum absolute atomic E-state index is 0.916. The zero-order valence-corrected chi connectivity index (χ0v) is 25.1. The number of hydrogen-bond donors (Lipinski definition) is 0. The first-order valence-corrected chi connectivity index (χ1v) is 15.6. The summed E-state index contributed by atoms with van der Waals surface area (Å²) in [7, 11) is 0. The molecule has 2 aromatic heterocycles.